The lowest BCUT2D eigenvalue weighted by atomic mass is 10.2. The second-order valence-electron chi connectivity index (χ2n) is 7.53. The van der Waals surface area contributed by atoms with Gasteiger partial charge in [0.2, 0.25) is 11.9 Å². The maximum absolute atomic E-state index is 13.2. The van der Waals surface area contributed by atoms with Gasteiger partial charge in [-0.15, -0.1) is 0 Å². The van der Waals surface area contributed by atoms with Gasteiger partial charge in [-0.05, 0) is 30.3 Å². The molecule has 1 N–H and O–H groups in total. The Bertz CT molecular complexity index is 1580. The minimum atomic E-state index is -4.54. The summed E-state index contributed by atoms with van der Waals surface area (Å²) in [5, 5.41) is 6.81. The van der Waals surface area contributed by atoms with Crippen LogP contribution < -0.4 is 10.9 Å². The zero-order valence-electron chi connectivity index (χ0n) is 17.6. The number of benzene rings is 1. The molecule has 13 heteroatoms. The number of anilines is 1. The van der Waals surface area contributed by atoms with Gasteiger partial charge in [0.1, 0.15) is 24.0 Å². The largest absolute Gasteiger partial charge is 0.467 e. The molecule has 0 aliphatic rings. The molecule has 0 unspecified atom stereocenters. The van der Waals surface area contributed by atoms with Gasteiger partial charge in [-0.3, -0.25) is 24.2 Å². The highest BCUT2D eigenvalue weighted by Crippen LogP contribution is 2.32. The van der Waals surface area contributed by atoms with Gasteiger partial charge in [-0.2, -0.15) is 18.3 Å². The first-order valence-corrected chi connectivity index (χ1v) is 9.97. The number of halogens is 3. The molecule has 0 fully saturated rings. The van der Waals surface area contributed by atoms with Gasteiger partial charge in [0.05, 0.1) is 35.6 Å². The van der Waals surface area contributed by atoms with E-state index in [-0.39, 0.29) is 29.9 Å². The molecule has 34 heavy (non-hydrogen) atoms. The lowest BCUT2D eigenvalue weighted by Crippen LogP contribution is -2.28. The predicted octanol–water partition coefficient (Wildman–Crippen LogP) is 2.78. The quantitative estimate of drug-likeness (QED) is 0.422. The summed E-state index contributed by atoms with van der Waals surface area (Å²) in [5.41, 5.74) is -0.514. The Morgan fingerprint density at radius 1 is 1.24 bits per heavy atom. The van der Waals surface area contributed by atoms with Crippen LogP contribution in [0.1, 0.15) is 11.3 Å². The molecular formula is C21H16F3N7O3. The van der Waals surface area contributed by atoms with Crippen molar-refractivity contribution < 1.29 is 22.4 Å². The van der Waals surface area contributed by atoms with Gasteiger partial charge in [0, 0.05) is 7.05 Å². The first kappa shape index (κ1) is 21.4. The highest BCUT2D eigenvalue weighted by molar-refractivity contribution is 5.91. The Balaban J connectivity index is 1.48. The number of hydrogen-bond donors (Lipinski definition) is 1. The first-order valence-electron chi connectivity index (χ1n) is 9.97. The third kappa shape index (κ3) is 3.80. The molecule has 1 amide bonds. The van der Waals surface area contributed by atoms with Crippen LogP contribution in [0.4, 0.5) is 19.1 Å². The highest BCUT2D eigenvalue weighted by Gasteiger charge is 2.31. The molecule has 0 spiro atoms. The van der Waals surface area contributed by atoms with Crippen LogP contribution in [-0.2, 0) is 31.1 Å². The Hall–Kier alpha value is -4.42. The van der Waals surface area contributed by atoms with E-state index in [1.165, 1.54) is 34.1 Å². The summed E-state index contributed by atoms with van der Waals surface area (Å²) in [7, 11) is 1.64. The maximum atomic E-state index is 13.2. The number of amides is 1. The molecule has 5 aromatic rings. The van der Waals surface area contributed by atoms with E-state index in [2.05, 4.69) is 20.4 Å². The van der Waals surface area contributed by atoms with Crippen LogP contribution in [-0.4, -0.2) is 34.8 Å². The maximum Gasteiger partial charge on any atom is 0.416 e. The molecule has 10 nitrogen and oxygen atoms in total. The van der Waals surface area contributed by atoms with Crippen LogP contribution in [0.5, 0.6) is 0 Å². The number of carbonyl (C=O) groups excluding carboxylic acids is 1. The summed E-state index contributed by atoms with van der Waals surface area (Å²) in [6, 6.07) is 6.50. The molecule has 0 aliphatic carbocycles. The second-order valence-corrected chi connectivity index (χ2v) is 7.53. The number of fused-ring (bicyclic) bond motifs is 2. The number of alkyl halides is 3. The third-order valence-corrected chi connectivity index (χ3v) is 5.25. The van der Waals surface area contributed by atoms with E-state index in [0.29, 0.717) is 16.9 Å². The molecule has 0 saturated heterocycles. The number of nitrogens with zero attached hydrogens (tertiary/aromatic N) is 6. The van der Waals surface area contributed by atoms with E-state index in [1.54, 1.807) is 19.2 Å². The van der Waals surface area contributed by atoms with Gasteiger partial charge in [-0.25, -0.2) is 9.97 Å². The van der Waals surface area contributed by atoms with Crippen LogP contribution in [0.25, 0.3) is 22.1 Å². The van der Waals surface area contributed by atoms with Crippen molar-refractivity contribution in [2.24, 2.45) is 7.05 Å². The van der Waals surface area contributed by atoms with Gasteiger partial charge >= 0.3 is 6.18 Å². The van der Waals surface area contributed by atoms with E-state index >= 15 is 0 Å². The number of carbonyl (C=O) groups is 1. The number of aromatic nitrogens is 6. The van der Waals surface area contributed by atoms with Gasteiger partial charge < -0.3 is 8.98 Å². The van der Waals surface area contributed by atoms with Gasteiger partial charge in [0.15, 0.2) is 5.65 Å². The number of nitrogens with one attached hydrogen (secondary N) is 1. The van der Waals surface area contributed by atoms with Crippen molar-refractivity contribution in [3.05, 3.63) is 70.8 Å². The number of aryl methyl sites for hydroxylation is 1. The van der Waals surface area contributed by atoms with Crippen molar-refractivity contribution in [1.82, 2.24) is 28.9 Å². The zero-order valence-corrected chi connectivity index (χ0v) is 17.6. The zero-order chi connectivity index (χ0) is 24.0. The first-order chi connectivity index (χ1) is 16.2. The molecule has 0 atom stereocenters. The van der Waals surface area contributed by atoms with Crippen molar-refractivity contribution in [3.63, 3.8) is 0 Å². The molecule has 0 bridgehead atoms. The van der Waals surface area contributed by atoms with Crippen molar-refractivity contribution >= 4 is 33.9 Å². The van der Waals surface area contributed by atoms with Gasteiger partial charge in [0.25, 0.3) is 5.56 Å². The average molecular weight is 471 g/mol. The SMILES string of the molecule is Cn1ncc2c(=O)n(CC(=O)Nc3nc4cc(C(F)(F)F)ccc4n3Cc3ccco3)cnc21. The van der Waals surface area contributed by atoms with Crippen molar-refractivity contribution in [2.45, 2.75) is 19.3 Å². The van der Waals surface area contributed by atoms with Crippen LogP contribution in [0, 0.1) is 0 Å². The van der Waals surface area contributed by atoms with E-state index in [9.17, 15) is 22.8 Å². The monoisotopic (exact) mass is 471 g/mol. The lowest BCUT2D eigenvalue weighted by molar-refractivity contribution is -0.137. The molecule has 4 heterocycles. The molecule has 1 aromatic carbocycles. The Morgan fingerprint density at radius 2 is 2.06 bits per heavy atom. The molecule has 5 rings (SSSR count). The number of imidazole rings is 1. The molecule has 0 aliphatic heterocycles. The minimum Gasteiger partial charge on any atom is -0.467 e. The Kier molecular flexibility index (Phi) is 4.96. The highest BCUT2D eigenvalue weighted by atomic mass is 19.4. The Morgan fingerprint density at radius 3 is 2.79 bits per heavy atom. The summed E-state index contributed by atoms with van der Waals surface area (Å²) in [6.07, 6.45) is -0.489. The molecule has 0 radical (unpaired) electrons. The minimum absolute atomic E-state index is 0.0131. The van der Waals surface area contributed by atoms with Crippen molar-refractivity contribution in [3.8, 4) is 0 Å². The van der Waals surface area contributed by atoms with Crippen LogP contribution in [0.15, 0.2) is 58.3 Å². The lowest BCUT2D eigenvalue weighted by Gasteiger charge is -2.10. The topological polar surface area (TPSA) is 113 Å². The summed E-state index contributed by atoms with van der Waals surface area (Å²) in [6.45, 7) is -0.262. The Labute approximate surface area is 188 Å². The summed E-state index contributed by atoms with van der Waals surface area (Å²) in [4.78, 5) is 33.7. The fraction of sp³-hybridized carbons (Fsp3) is 0.190. The smallest absolute Gasteiger partial charge is 0.416 e. The van der Waals surface area contributed by atoms with Crippen LogP contribution in [0.2, 0.25) is 0 Å². The van der Waals surface area contributed by atoms with E-state index in [4.69, 9.17) is 4.42 Å². The number of hydrogen-bond acceptors (Lipinski definition) is 6. The predicted molar refractivity (Wildman–Crippen MR) is 114 cm³/mol. The molecule has 0 saturated carbocycles. The van der Waals surface area contributed by atoms with E-state index in [0.717, 1.165) is 16.7 Å². The van der Waals surface area contributed by atoms with Crippen molar-refractivity contribution in [1.29, 1.82) is 0 Å². The number of rotatable bonds is 5. The third-order valence-electron chi connectivity index (χ3n) is 5.25. The van der Waals surface area contributed by atoms with Crippen molar-refractivity contribution in [2.75, 3.05) is 5.32 Å². The summed E-state index contributed by atoms with van der Waals surface area (Å²) in [5.74, 6) is -0.0875. The van der Waals surface area contributed by atoms with E-state index in [1.807, 2.05) is 0 Å². The summed E-state index contributed by atoms with van der Waals surface area (Å²) >= 11 is 0. The second kappa shape index (κ2) is 7.86. The van der Waals surface area contributed by atoms with Crippen LogP contribution >= 0.6 is 0 Å². The summed E-state index contributed by atoms with van der Waals surface area (Å²) < 4.78 is 48.9. The normalized spacial score (nSPS) is 12.0. The molecule has 4 aromatic heterocycles. The standard InChI is InChI=1S/C21H16F3N7O3/c1-29-18-14(8-26-29)19(33)30(11-25-18)10-17(32)28-20-27-15-7-12(21(22,23)24)4-5-16(15)31(20)9-13-3-2-6-34-13/h2-8,11H,9-10H2,1H3,(H,27,28,32). The molecule has 174 valence electrons. The molecular weight excluding hydrogens is 455 g/mol. The fourth-order valence-corrected chi connectivity index (χ4v) is 3.62. The van der Waals surface area contributed by atoms with Crippen LogP contribution in [0.3, 0.4) is 0 Å². The fourth-order valence-electron chi connectivity index (χ4n) is 3.62. The van der Waals surface area contributed by atoms with Gasteiger partial charge in [-0.1, -0.05) is 0 Å². The van der Waals surface area contributed by atoms with E-state index < -0.39 is 23.2 Å². The number of furan rings is 1. The average Bonchev–Trinajstić information content (AvgIpc) is 3.50.